The molecule has 1 aromatic heterocycles. The largest absolute Gasteiger partial charge is 0.493 e. The van der Waals surface area contributed by atoms with Crippen LogP contribution in [0.25, 0.3) is 0 Å². The summed E-state index contributed by atoms with van der Waals surface area (Å²) in [6, 6.07) is 6.05. The molecule has 2 rings (SSSR count). The molecule has 0 radical (unpaired) electrons. The number of hydrogen-bond acceptors (Lipinski definition) is 5. The Morgan fingerprint density at radius 3 is 2.40 bits per heavy atom. The molecule has 0 saturated heterocycles. The summed E-state index contributed by atoms with van der Waals surface area (Å²) < 4.78 is 16.3. The van der Waals surface area contributed by atoms with Crippen LogP contribution in [0.1, 0.15) is 57.2 Å². The van der Waals surface area contributed by atoms with Crippen LogP contribution in [-0.4, -0.2) is 38.4 Å². The Kier molecular flexibility index (Phi) is 8.57. The van der Waals surface area contributed by atoms with Gasteiger partial charge >= 0.3 is 0 Å². The molecule has 2 aromatic rings. The highest BCUT2D eigenvalue weighted by molar-refractivity contribution is 5.79. The zero-order valence-electron chi connectivity index (χ0n) is 19.4. The van der Waals surface area contributed by atoms with Crippen LogP contribution in [0.2, 0.25) is 0 Å². The number of aromatic nitrogens is 1. The number of guanidine groups is 1. The van der Waals surface area contributed by atoms with Gasteiger partial charge in [-0.25, -0.2) is 4.99 Å². The third kappa shape index (κ3) is 5.68. The number of benzene rings is 1. The third-order valence-electron chi connectivity index (χ3n) is 5.21. The molecule has 0 saturated carbocycles. The number of ether oxygens (including phenoxy) is 2. The fourth-order valence-electron chi connectivity index (χ4n) is 3.28. The molecule has 0 aliphatic heterocycles. The van der Waals surface area contributed by atoms with Crippen molar-refractivity contribution in [3.8, 4) is 11.5 Å². The molecule has 30 heavy (non-hydrogen) atoms. The summed E-state index contributed by atoms with van der Waals surface area (Å²) in [5.41, 5.74) is 3.09. The zero-order chi connectivity index (χ0) is 22.1. The molecule has 0 amide bonds. The summed E-state index contributed by atoms with van der Waals surface area (Å²) in [4.78, 5) is 4.78. The standard InChI is InChI=1S/C23H36N4O3/c1-8-18-17(19(9-2)30-27-18)14-25-22(24-10-3)26-15-23(4,5)16-11-12-20(28-6)21(13-16)29-7/h11-13H,8-10,14-15H2,1-7H3,(H2,24,25,26). The quantitative estimate of drug-likeness (QED) is 0.452. The summed E-state index contributed by atoms with van der Waals surface area (Å²) in [5, 5.41) is 11.0. The summed E-state index contributed by atoms with van der Waals surface area (Å²) in [5.74, 6) is 3.15. The smallest absolute Gasteiger partial charge is 0.191 e. The lowest BCUT2D eigenvalue weighted by Crippen LogP contribution is -2.43. The topological polar surface area (TPSA) is 80.9 Å². The lowest BCUT2D eigenvalue weighted by Gasteiger charge is -2.27. The number of aryl methyl sites for hydroxylation is 2. The molecule has 0 bridgehead atoms. The molecule has 2 N–H and O–H groups in total. The van der Waals surface area contributed by atoms with Gasteiger partial charge in [-0.3, -0.25) is 0 Å². The fourth-order valence-corrected chi connectivity index (χ4v) is 3.28. The Bertz CT molecular complexity index is 821. The minimum Gasteiger partial charge on any atom is -0.493 e. The van der Waals surface area contributed by atoms with Gasteiger partial charge in [0.05, 0.1) is 26.5 Å². The predicted molar refractivity (Wildman–Crippen MR) is 121 cm³/mol. The van der Waals surface area contributed by atoms with Gasteiger partial charge in [-0.1, -0.05) is 38.9 Å². The van der Waals surface area contributed by atoms with Crippen molar-refractivity contribution in [3.63, 3.8) is 0 Å². The van der Waals surface area contributed by atoms with E-state index in [9.17, 15) is 0 Å². The molecule has 1 heterocycles. The van der Waals surface area contributed by atoms with Crippen molar-refractivity contribution < 1.29 is 14.0 Å². The Morgan fingerprint density at radius 2 is 1.80 bits per heavy atom. The number of aliphatic imine (C=N–C) groups is 1. The molecule has 166 valence electrons. The van der Waals surface area contributed by atoms with Crippen molar-refractivity contribution in [2.75, 3.05) is 27.3 Å². The Hall–Kier alpha value is -2.70. The van der Waals surface area contributed by atoms with Crippen molar-refractivity contribution >= 4 is 5.96 Å². The summed E-state index contributed by atoms with van der Waals surface area (Å²) in [7, 11) is 3.30. The van der Waals surface area contributed by atoms with Crippen molar-refractivity contribution in [2.45, 2.75) is 59.4 Å². The van der Waals surface area contributed by atoms with Crippen LogP contribution in [0.5, 0.6) is 11.5 Å². The minimum atomic E-state index is -0.143. The number of nitrogens with one attached hydrogen (secondary N) is 2. The van der Waals surface area contributed by atoms with Gasteiger partial charge in [0.15, 0.2) is 17.5 Å². The van der Waals surface area contributed by atoms with Gasteiger partial charge in [0, 0.05) is 30.5 Å². The van der Waals surface area contributed by atoms with E-state index in [1.165, 1.54) is 0 Å². The van der Waals surface area contributed by atoms with Gasteiger partial charge in [-0.2, -0.15) is 0 Å². The first-order chi connectivity index (χ1) is 14.4. The van der Waals surface area contributed by atoms with Crippen molar-refractivity contribution in [3.05, 3.63) is 40.8 Å². The summed E-state index contributed by atoms with van der Waals surface area (Å²) in [6.45, 7) is 12.6. The van der Waals surface area contributed by atoms with Crippen LogP contribution < -0.4 is 20.1 Å². The van der Waals surface area contributed by atoms with Crippen LogP contribution >= 0.6 is 0 Å². The molecule has 0 aliphatic rings. The maximum atomic E-state index is 5.46. The highest BCUT2D eigenvalue weighted by Crippen LogP contribution is 2.32. The maximum absolute atomic E-state index is 5.46. The average molecular weight is 417 g/mol. The fraction of sp³-hybridized carbons (Fsp3) is 0.565. The summed E-state index contributed by atoms with van der Waals surface area (Å²) in [6.07, 6.45) is 1.65. The van der Waals surface area contributed by atoms with E-state index >= 15 is 0 Å². The van der Waals surface area contributed by atoms with E-state index in [0.717, 1.165) is 59.4 Å². The highest BCUT2D eigenvalue weighted by atomic mass is 16.5. The first-order valence-electron chi connectivity index (χ1n) is 10.6. The second-order valence-electron chi connectivity index (χ2n) is 7.74. The lowest BCUT2D eigenvalue weighted by molar-refractivity contribution is 0.353. The molecule has 0 atom stereocenters. The molecule has 1 aromatic carbocycles. The van der Waals surface area contributed by atoms with Gasteiger partial charge in [0.25, 0.3) is 0 Å². The number of hydrogen-bond donors (Lipinski definition) is 2. The number of methoxy groups -OCH3 is 2. The van der Waals surface area contributed by atoms with E-state index in [1.807, 2.05) is 12.1 Å². The van der Waals surface area contributed by atoms with E-state index in [2.05, 4.69) is 56.5 Å². The lowest BCUT2D eigenvalue weighted by atomic mass is 9.84. The van der Waals surface area contributed by atoms with Gasteiger partial charge in [0.1, 0.15) is 5.76 Å². The summed E-state index contributed by atoms with van der Waals surface area (Å²) >= 11 is 0. The van der Waals surface area contributed by atoms with E-state index in [1.54, 1.807) is 14.2 Å². The van der Waals surface area contributed by atoms with E-state index in [-0.39, 0.29) is 5.41 Å². The van der Waals surface area contributed by atoms with Crippen LogP contribution in [0.15, 0.2) is 27.7 Å². The van der Waals surface area contributed by atoms with Crippen LogP contribution in [0, 0.1) is 0 Å². The number of nitrogens with zero attached hydrogens (tertiary/aromatic N) is 2. The SMILES string of the molecule is CCNC(=NCc1c(CC)noc1CC)NCC(C)(C)c1ccc(OC)c(OC)c1. The van der Waals surface area contributed by atoms with Gasteiger partial charge in [-0.05, 0) is 31.0 Å². The second kappa shape index (κ2) is 10.9. The zero-order valence-corrected chi connectivity index (χ0v) is 19.4. The Balaban J connectivity index is 2.15. The molecule has 0 unspecified atom stereocenters. The molecule has 7 heteroatoms. The first-order valence-corrected chi connectivity index (χ1v) is 10.6. The third-order valence-corrected chi connectivity index (χ3v) is 5.21. The first kappa shape index (κ1) is 23.6. The van der Waals surface area contributed by atoms with Gasteiger partial charge in [-0.15, -0.1) is 0 Å². The normalized spacial score (nSPS) is 12.0. The molecular weight excluding hydrogens is 380 g/mol. The maximum Gasteiger partial charge on any atom is 0.191 e. The highest BCUT2D eigenvalue weighted by Gasteiger charge is 2.23. The van der Waals surface area contributed by atoms with Gasteiger partial charge in [0.2, 0.25) is 0 Å². The number of rotatable bonds is 10. The van der Waals surface area contributed by atoms with E-state index in [4.69, 9.17) is 19.0 Å². The van der Waals surface area contributed by atoms with E-state index < -0.39 is 0 Å². The van der Waals surface area contributed by atoms with Crippen molar-refractivity contribution in [1.82, 2.24) is 15.8 Å². The Labute approximate surface area is 180 Å². The second-order valence-corrected chi connectivity index (χ2v) is 7.74. The van der Waals surface area contributed by atoms with Crippen molar-refractivity contribution in [2.24, 2.45) is 4.99 Å². The van der Waals surface area contributed by atoms with Crippen LogP contribution in [0.3, 0.4) is 0 Å². The molecule has 0 spiro atoms. The molecular formula is C23H36N4O3. The molecule has 0 aliphatic carbocycles. The average Bonchev–Trinajstić information content (AvgIpc) is 3.17. The monoisotopic (exact) mass is 416 g/mol. The predicted octanol–water partition coefficient (Wildman–Crippen LogP) is 3.85. The minimum absolute atomic E-state index is 0.143. The van der Waals surface area contributed by atoms with Gasteiger partial charge < -0.3 is 24.6 Å². The van der Waals surface area contributed by atoms with Crippen molar-refractivity contribution in [1.29, 1.82) is 0 Å². The Morgan fingerprint density at radius 1 is 1.07 bits per heavy atom. The van der Waals surface area contributed by atoms with Crippen LogP contribution in [-0.2, 0) is 24.8 Å². The molecule has 7 nitrogen and oxygen atoms in total. The van der Waals surface area contributed by atoms with Crippen LogP contribution in [0.4, 0.5) is 0 Å². The molecule has 0 fully saturated rings. The van der Waals surface area contributed by atoms with E-state index in [0.29, 0.717) is 13.1 Å².